The van der Waals surface area contributed by atoms with Gasteiger partial charge in [-0.05, 0) is 67.5 Å². The van der Waals surface area contributed by atoms with Crippen molar-refractivity contribution < 1.29 is 9.59 Å². The van der Waals surface area contributed by atoms with Gasteiger partial charge in [0, 0.05) is 54.5 Å². The molecule has 3 aliphatic rings. The molecule has 6 rings (SSSR count). The minimum atomic E-state index is 0.0395. The molecule has 7 nitrogen and oxygen atoms in total. The van der Waals surface area contributed by atoms with Gasteiger partial charge in [0.15, 0.2) is 0 Å². The molecule has 8 heteroatoms. The Bertz CT molecular complexity index is 1200. The van der Waals surface area contributed by atoms with Gasteiger partial charge >= 0.3 is 0 Å². The number of carbonyl (C=O) groups excluding carboxylic acids is 2. The van der Waals surface area contributed by atoms with Crippen molar-refractivity contribution in [1.82, 2.24) is 25.2 Å². The van der Waals surface area contributed by atoms with Gasteiger partial charge in [-0.3, -0.25) is 9.59 Å². The highest BCUT2D eigenvalue weighted by Crippen LogP contribution is 2.39. The second-order valence-corrected chi connectivity index (χ2v) is 10.5. The first-order chi connectivity index (χ1) is 16.5. The summed E-state index contributed by atoms with van der Waals surface area (Å²) in [6.45, 7) is 2.97. The topological polar surface area (TPSA) is 82.2 Å². The highest BCUT2D eigenvalue weighted by atomic mass is 35.5. The molecule has 0 bridgehead atoms. The lowest BCUT2D eigenvalue weighted by Gasteiger charge is -2.31. The number of benzene rings is 2. The summed E-state index contributed by atoms with van der Waals surface area (Å²) in [5, 5.41) is 11.5. The van der Waals surface area contributed by atoms with Gasteiger partial charge in [-0.2, -0.15) is 15.4 Å². The van der Waals surface area contributed by atoms with E-state index in [1.54, 1.807) is 6.07 Å². The molecule has 176 valence electrons. The molecular formula is C26H28ClN5O2. The first-order valence-corrected chi connectivity index (χ1v) is 12.6. The molecule has 2 amide bonds. The number of nitrogens with zero attached hydrogens (tertiary/aromatic N) is 4. The summed E-state index contributed by atoms with van der Waals surface area (Å²) in [4.78, 5) is 30.3. The molecule has 1 aliphatic carbocycles. The van der Waals surface area contributed by atoms with E-state index in [0.717, 1.165) is 49.3 Å². The summed E-state index contributed by atoms with van der Waals surface area (Å²) in [5.74, 6) is 1.75. The van der Waals surface area contributed by atoms with Crippen LogP contribution in [0.2, 0.25) is 5.02 Å². The smallest absolute Gasteiger partial charge is 0.253 e. The van der Waals surface area contributed by atoms with Crippen molar-refractivity contribution in [1.29, 1.82) is 0 Å². The normalized spacial score (nSPS) is 26.7. The van der Waals surface area contributed by atoms with E-state index in [0.29, 0.717) is 47.8 Å². The van der Waals surface area contributed by atoms with Crippen LogP contribution in [0.25, 0.3) is 11.0 Å². The van der Waals surface area contributed by atoms with Crippen molar-refractivity contribution in [3.63, 3.8) is 0 Å². The Morgan fingerprint density at radius 1 is 0.824 bits per heavy atom. The maximum Gasteiger partial charge on any atom is 0.253 e. The first kappa shape index (κ1) is 21.6. The Labute approximate surface area is 203 Å². The van der Waals surface area contributed by atoms with E-state index in [9.17, 15) is 9.59 Å². The number of hydrogen-bond donors (Lipinski definition) is 1. The van der Waals surface area contributed by atoms with Gasteiger partial charge in [-0.25, -0.2) is 0 Å². The highest BCUT2D eigenvalue weighted by molar-refractivity contribution is 6.30. The lowest BCUT2D eigenvalue weighted by atomic mass is 9.78. The van der Waals surface area contributed by atoms with E-state index in [2.05, 4.69) is 32.4 Å². The molecule has 2 unspecified atom stereocenters. The highest BCUT2D eigenvalue weighted by Gasteiger charge is 2.44. The summed E-state index contributed by atoms with van der Waals surface area (Å²) >= 11 is 6.02. The lowest BCUT2D eigenvalue weighted by Crippen LogP contribution is -2.39. The maximum absolute atomic E-state index is 13.3. The van der Waals surface area contributed by atoms with E-state index in [1.165, 1.54) is 5.56 Å². The van der Waals surface area contributed by atoms with Crippen molar-refractivity contribution in [3.05, 3.63) is 58.6 Å². The number of rotatable bonds is 3. The van der Waals surface area contributed by atoms with Crippen LogP contribution in [0.15, 0.2) is 42.5 Å². The van der Waals surface area contributed by atoms with Crippen LogP contribution in [0.1, 0.15) is 47.5 Å². The van der Waals surface area contributed by atoms with E-state index < -0.39 is 0 Å². The Balaban J connectivity index is 1.03. The number of halogens is 1. The zero-order chi connectivity index (χ0) is 23.2. The maximum atomic E-state index is 13.3. The average molecular weight is 478 g/mol. The molecule has 1 N–H and O–H groups in total. The molecule has 3 fully saturated rings. The fourth-order valence-electron chi connectivity index (χ4n) is 6.16. The minimum Gasteiger partial charge on any atom is -0.342 e. The molecule has 3 heterocycles. The van der Waals surface area contributed by atoms with Crippen molar-refractivity contribution in [2.24, 2.45) is 17.8 Å². The van der Waals surface area contributed by atoms with Crippen molar-refractivity contribution in [3.8, 4) is 0 Å². The molecule has 3 aromatic rings. The summed E-state index contributed by atoms with van der Waals surface area (Å²) in [7, 11) is 0. The van der Waals surface area contributed by atoms with Crippen LogP contribution in [-0.4, -0.2) is 63.2 Å². The van der Waals surface area contributed by atoms with E-state index in [1.807, 2.05) is 29.2 Å². The molecule has 34 heavy (non-hydrogen) atoms. The fourth-order valence-corrected chi connectivity index (χ4v) is 6.29. The molecule has 1 aromatic heterocycles. The van der Waals surface area contributed by atoms with Crippen LogP contribution in [-0.2, 0) is 4.79 Å². The number of hydrogen-bond acceptors (Lipinski definition) is 4. The number of carbonyl (C=O) groups is 2. The van der Waals surface area contributed by atoms with Crippen LogP contribution in [0.5, 0.6) is 0 Å². The van der Waals surface area contributed by atoms with Crippen molar-refractivity contribution in [2.75, 3.05) is 26.2 Å². The second kappa shape index (κ2) is 8.69. The largest absolute Gasteiger partial charge is 0.342 e. The zero-order valence-electron chi connectivity index (χ0n) is 19.0. The number of aromatic nitrogens is 3. The number of H-pyrrole nitrogens is 1. The number of fused-ring (bicyclic) bond motifs is 2. The van der Waals surface area contributed by atoms with Crippen LogP contribution in [0, 0.1) is 17.8 Å². The molecule has 0 radical (unpaired) electrons. The fraction of sp³-hybridized carbons (Fsp3) is 0.462. The third-order valence-corrected chi connectivity index (χ3v) is 8.32. The summed E-state index contributed by atoms with van der Waals surface area (Å²) < 4.78 is 0. The minimum absolute atomic E-state index is 0.0395. The molecular weight excluding hydrogens is 450 g/mol. The zero-order valence-corrected chi connectivity index (χ0v) is 19.7. The van der Waals surface area contributed by atoms with Crippen LogP contribution in [0.3, 0.4) is 0 Å². The monoisotopic (exact) mass is 477 g/mol. The van der Waals surface area contributed by atoms with Gasteiger partial charge in [0.25, 0.3) is 5.91 Å². The second-order valence-electron chi connectivity index (χ2n) is 10.1. The van der Waals surface area contributed by atoms with Gasteiger partial charge < -0.3 is 9.80 Å². The first-order valence-electron chi connectivity index (χ1n) is 12.2. The summed E-state index contributed by atoms with van der Waals surface area (Å²) in [5.41, 5.74) is 3.43. The Morgan fingerprint density at radius 3 is 2.18 bits per heavy atom. The Kier molecular flexibility index (Phi) is 5.52. The SMILES string of the molecule is O=C(c1ccc2n[nH]nc2c1)N1CC2CN(C(=O)C3CCC(c4ccc(Cl)cc4)CC3)CC2C1. The average Bonchev–Trinajstić information content (AvgIpc) is 3.58. The number of amides is 2. The molecule has 2 aromatic carbocycles. The summed E-state index contributed by atoms with van der Waals surface area (Å²) in [6.07, 6.45) is 4.01. The van der Waals surface area contributed by atoms with Gasteiger partial charge in [0.2, 0.25) is 5.91 Å². The predicted octanol–water partition coefficient (Wildman–Crippen LogP) is 4.12. The van der Waals surface area contributed by atoms with Crippen LogP contribution >= 0.6 is 11.6 Å². The molecule has 1 saturated carbocycles. The molecule has 2 aliphatic heterocycles. The third-order valence-electron chi connectivity index (χ3n) is 8.07. The van der Waals surface area contributed by atoms with Gasteiger partial charge in [0.1, 0.15) is 11.0 Å². The van der Waals surface area contributed by atoms with E-state index in [4.69, 9.17) is 11.6 Å². The number of aromatic amines is 1. The molecule has 2 saturated heterocycles. The summed E-state index contributed by atoms with van der Waals surface area (Å²) in [6, 6.07) is 13.6. The van der Waals surface area contributed by atoms with Crippen molar-refractivity contribution >= 4 is 34.4 Å². The Hall–Kier alpha value is -2.93. The molecule has 0 spiro atoms. The van der Waals surface area contributed by atoms with Crippen molar-refractivity contribution in [2.45, 2.75) is 31.6 Å². The Morgan fingerprint density at radius 2 is 1.47 bits per heavy atom. The number of likely N-dealkylation sites (tertiary alicyclic amines) is 2. The van der Waals surface area contributed by atoms with Gasteiger partial charge in [-0.15, -0.1) is 0 Å². The predicted molar refractivity (Wildman–Crippen MR) is 130 cm³/mol. The van der Waals surface area contributed by atoms with E-state index in [-0.39, 0.29) is 11.8 Å². The van der Waals surface area contributed by atoms with Gasteiger partial charge in [-0.1, -0.05) is 23.7 Å². The number of nitrogens with one attached hydrogen (secondary N) is 1. The standard InChI is InChI=1S/C26H28ClN5O2/c27-22-8-5-17(6-9-22)16-1-3-18(4-2-16)25(33)31-12-20-14-32(15-21(20)13-31)26(34)19-7-10-23-24(11-19)29-30-28-23/h5-11,16,18,20-21H,1-4,12-15H2,(H,28,29,30). The lowest BCUT2D eigenvalue weighted by molar-refractivity contribution is -0.135. The van der Waals surface area contributed by atoms with Crippen LogP contribution in [0.4, 0.5) is 0 Å². The van der Waals surface area contributed by atoms with Crippen LogP contribution < -0.4 is 0 Å². The van der Waals surface area contributed by atoms with Gasteiger partial charge in [0.05, 0.1) is 0 Å². The third kappa shape index (κ3) is 3.96. The molecule has 2 atom stereocenters. The quantitative estimate of drug-likeness (QED) is 0.615. The van der Waals surface area contributed by atoms with E-state index >= 15 is 0 Å².